The van der Waals surface area contributed by atoms with Gasteiger partial charge in [0, 0.05) is 17.3 Å². The molecule has 0 saturated carbocycles. The second kappa shape index (κ2) is 7.23. The van der Waals surface area contributed by atoms with Gasteiger partial charge < -0.3 is 10.1 Å². The predicted octanol–water partition coefficient (Wildman–Crippen LogP) is 3.36. The van der Waals surface area contributed by atoms with E-state index in [9.17, 15) is 4.79 Å². The van der Waals surface area contributed by atoms with Crippen LogP contribution in [0.15, 0.2) is 60.9 Å². The molecule has 0 radical (unpaired) electrons. The molecule has 4 rings (SSSR count). The van der Waals surface area contributed by atoms with Crippen molar-refractivity contribution >= 4 is 5.91 Å². The van der Waals surface area contributed by atoms with E-state index in [-0.39, 0.29) is 17.9 Å². The largest absolute Gasteiger partial charge is 0.457 e. The van der Waals surface area contributed by atoms with Gasteiger partial charge in [0.25, 0.3) is 0 Å². The molecule has 2 aromatic carbocycles. The third-order valence-electron chi connectivity index (χ3n) is 4.93. The molecule has 1 aromatic heterocycles. The molecule has 1 N–H and O–H groups in total. The molecule has 27 heavy (non-hydrogen) atoms. The lowest BCUT2D eigenvalue weighted by Crippen LogP contribution is -2.44. The average Bonchev–Trinajstić information content (AvgIpc) is 3.18. The quantitative estimate of drug-likeness (QED) is 0.756. The molecule has 2 heterocycles. The minimum absolute atomic E-state index is 0.0305. The van der Waals surface area contributed by atoms with E-state index in [1.54, 1.807) is 17.1 Å². The Morgan fingerprint density at radius 3 is 2.30 bits per heavy atom. The van der Waals surface area contributed by atoms with Crippen LogP contribution in [0.2, 0.25) is 0 Å². The van der Waals surface area contributed by atoms with Gasteiger partial charge in [0.15, 0.2) is 0 Å². The van der Waals surface area contributed by atoms with Crippen LogP contribution in [-0.2, 0) is 11.3 Å². The minimum Gasteiger partial charge on any atom is -0.457 e. The first kappa shape index (κ1) is 17.3. The molecule has 1 atom stereocenters. The molecule has 3 aromatic rings. The maximum absolute atomic E-state index is 13.4. The summed E-state index contributed by atoms with van der Waals surface area (Å²) in [5.74, 6) is 1.28. The Balaban J connectivity index is 1.64. The first-order valence-corrected chi connectivity index (χ1v) is 9.13. The lowest BCUT2D eigenvalue weighted by atomic mass is 9.86. The number of nitrogens with zero attached hydrogens (tertiary/aromatic N) is 3. The molecule has 0 spiro atoms. The van der Waals surface area contributed by atoms with Gasteiger partial charge in [-0.05, 0) is 18.1 Å². The van der Waals surface area contributed by atoms with Gasteiger partial charge in [-0.1, -0.05) is 55.5 Å². The Bertz CT molecular complexity index is 891. The summed E-state index contributed by atoms with van der Waals surface area (Å²) in [6.45, 7) is 4.76. The molecule has 6 nitrogen and oxygen atoms in total. The van der Waals surface area contributed by atoms with Gasteiger partial charge in [0.1, 0.15) is 11.5 Å². The monoisotopic (exact) mass is 362 g/mol. The van der Waals surface area contributed by atoms with E-state index in [1.165, 1.54) is 0 Å². The number of ether oxygens (including phenoxy) is 1. The summed E-state index contributed by atoms with van der Waals surface area (Å²) in [4.78, 5) is 13.4. The average molecular weight is 362 g/mol. The van der Waals surface area contributed by atoms with Crippen LogP contribution in [0.5, 0.6) is 11.5 Å². The summed E-state index contributed by atoms with van der Waals surface area (Å²) in [6.07, 6.45) is 3.45. The molecule has 0 aliphatic carbocycles. The summed E-state index contributed by atoms with van der Waals surface area (Å²) in [5, 5.41) is 11.1. The van der Waals surface area contributed by atoms with Gasteiger partial charge in [-0.15, -0.1) is 5.10 Å². The van der Waals surface area contributed by atoms with Crippen molar-refractivity contribution in [3.8, 4) is 11.5 Å². The first-order valence-electron chi connectivity index (χ1n) is 9.13. The minimum atomic E-state index is -0.400. The predicted molar refractivity (Wildman–Crippen MR) is 102 cm³/mol. The number of benzene rings is 2. The van der Waals surface area contributed by atoms with Crippen molar-refractivity contribution in [3.05, 3.63) is 72.1 Å². The van der Waals surface area contributed by atoms with Crippen LogP contribution in [0.1, 0.15) is 30.9 Å². The zero-order valence-corrected chi connectivity index (χ0v) is 15.4. The van der Waals surface area contributed by atoms with Gasteiger partial charge in [-0.25, -0.2) is 0 Å². The number of carbonyl (C=O) groups is 1. The number of carbonyl (C=O) groups excluding carboxylic acids is 1. The Morgan fingerprint density at radius 2 is 1.74 bits per heavy atom. The van der Waals surface area contributed by atoms with Crippen molar-refractivity contribution in [1.82, 2.24) is 20.3 Å². The Labute approximate surface area is 158 Å². The number of hydrogen-bond donors (Lipinski definition) is 1. The number of para-hydroxylation sites is 2. The Hall–Kier alpha value is -3.15. The number of rotatable bonds is 5. The highest BCUT2D eigenvalue weighted by atomic mass is 16.5. The van der Waals surface area contributed by atoms with Crippen LogP contribution in [0.4, 0.5) is 0 Å². The lowest BCUT2D eigenvalue weighted by Gasteiger charge is -2.30. The molecular formula is C21H22N4O2. The summed E-state index contributed by atoms with van der Waals surface area (Å²) in [5.41, 5.74) is 1.77. The van der Waals surface area contributed by atoms with E-state index in [0.29, 0.717) is 6.54 Å². The van der Waals surface area contributed by atoms with E-state index in [4.69, 9.17) is 4.74 Å². The van der Waals surface area contributed by atoms with Crippen molar-refractivity contribution in [3.63, 3.8) is 0 Å². The highest BCUT2D eigenvalue weighted by molar-refractivity contribution is 5.89. The number of fused-ring (bicyclic) bond motifs is 2. The molecule has 1 aliphatic heterocycles. The maximum Gasteiger partial charge on any atom is 0.232 e. The Morgan fingerprint density at radius 1 is 1.11 bits per heavy atom. The van der Waals surface area contributed by atoms with Crippen molar-refractivity contribution < 1.29 is 9.53 Å². The highest BCUT2D eigenvalue weighted by Gasteiger charge is 2.33. The van der Waals surface area contributed by atoms with Gasteiger partial charge >= 0.3 is 0 Å². The third kappa shape index (κ3) is 3.43. The number of hydrogen-bond acceptors (Lipinski definition) is 4. The van der Waals surface area contributed by atoms with Crippen molar-refractivity contribution in [2.75, 3.05) is 0 Å². The van der Waals surface area contributed by atoms with Crippen LogP contribution >= 0.6 is 0 Å². The lowest BCUT2D eigenvalue weighted by molar-refractivity contribution is -0.123. The van der Waals surface area contributed by atoms with E-state index in [0.717, 1.165) is 22.6 Å². The fraction of sp³-hybridized carbons (Fsp3) is 0.286. The SMILES string of the molecule is CC(C)[C@H](Cn1ccnn1)NC(=O)C1c2ccccc2Oc2ccccc21. The highest BCUT2D eigenvalue weighted by Crippen LogP contribution is 2.43. The smallest absolute Gasteiger partial charge is 0.232 e. The molecule has 138 valence electrons. The molecule has 0 unspecified atom stereocenters. The molecular weight excluding hydrogens is 340 g/mol. The van der Waals surface area contributed by atoms with Crippen molar-refractivity contribution in [2.45, 2.75) is 32.4 Å². The fourth-order valence-electron chi connectivity index (χ4n) is 3.41. The molecule has 6 heteroatoms. The summed E-state index contributed by atoms with van der Waals surface area (Å²) < 4.78 is 7.74. The van der Waals surface area contributed by atoms with Crippen LogP contribution in [0.25, 0.3) is 0 Å². The second-order valence-electron chi connectivity index (χ2n) is 7.09. The molecule has 0 bridgehead atoms. The van der Waals surface area contributed by atoms with Crippen LogP contribution in [0, 0.1) is 5.92 Å². The number of nitrogens with one attached hydrogen (secondary N) is 1. The molecule has 1 aliphatic rings. The van der Waals surface area contributed by atoms with Gasteiger partial charge in [-0.2, -0.15) is 0 Å². The van der Waals surface area contributed by atoms with E-state index < -0.39 is 5.92 Å². The molecule has 1 amide bonds. The zero-order valence-electron chi connectivity index (χ0n) is 15.4. The van der Waals surface area contributed by atoms with E-state index >= 15 is 0 Å². The second-order valence-corrected chi connectivity index (χ2v) is 7.09. The number of amides is 1. The third-order valence-corrected chi connectivity index (χ3v) is 4.93. The van der Waals surface area contributed by atoms with Crippen LogP contribution in [-0.4, -0.2) is 26.9 Å². The fourth-order valence-corrected chi connectivity index (χ4v) is 3.41. The first-order chi connectivity index (χ1) is 13.1. The number of aromatic nitrogens is 3. The molecule has 0 fully saturated rings. The zero-order chi connectivity index (χ0) is 18.8. The summed E-state index contributed by atoms with van der Waals surface area (Å²) in [7, 11) is 0. The normalized spacial score (nSPS) is 14.2. The summed E-state index contributed by atoms with van der Waals surface area (Å²) >= 11 is 0. The maximum atomic E-state index is 13.4. The van der Waals surface area contributed by atoms with E-state index in [1.807, 2.05) is 48.5 Å². The molecule has 0 saturated heterocycles. The standard InChI is InChI=1S/C21H22N4O2/c1-14(2)17(13-25-12-11-22-24-25)23-21(26)20-15-7-3-5-9-18(15)27-19-10-6-4-8-16(19)20/h3-12,14,17,20H,13H2,1-2H3,(H,23,26)/t17-/m0/s1. The van der Waals surface area contributed by atoms with Gasteiger partial charge in [-0.3, -0.25) is 9.48 Å². The van der Waals surface area contributed by atoms with Crippen molar-refractivity contribution in [1.29, 1.82) is 0 Å². The van der Waals surface area contributed by atoms with Crippen LogP contribution in [0.3, 0.4) is 0 Å². The summed E-state index contributed by atoms with van der Waals surface area (Å²) in [6, 6.07) is 15.4. The van der Waals surface area contributed by atoms with Gasteiger partial charge in [0.2, 0.25) is 5.91 Å². The van der Waals surface area contributed by atoms with Crippen molar-refractivity contribution in [2.24, 2.45) is 5.92 Å². The topological polar surface area (TPSA) is 69.0 Å². The van der Waals surface area contributed by atoms with Gasteiger partial charge in [0.05, 0.1) is 24.7 Å². The Kier molecular flexibility index (Phi) is 4.62. The van der Waals surface area contributed by atoms with Crippen LogP contribution < -0.4 is 10.1 Å². The van der Waals surface area contributed by atoms with E-state index in [2.05, 4.69) is 29.5 Å².